The predicted octanol–water partition coefficient (Wildman–Crippen LogP) is 4.96. The monoisotopic (exact) mass is 547 g/mol. The fourth-order valence-electron chi connectivity index (χ4n) is 3.83. The Bertz CT molecular complexity index is 1630. The minimum atomic E-state index is -3.83. The lowest BCUT2D eigenvalue weighted by atomic mass is 10.1. The van der Waals surface area contributed by atoms with Gasteiger partial charge >= 0.3 is 0 Å². The molecule has 2 aromatic heterocycles. The van der Waals surface area contributed by atoms with Crippen LogP contribution in [-0.4, -0.2) is 36.0 Å². The molecule has 0 aliphatic heterocycles. The summed E-state index contributed by atoms with van der Waals surface area (Å²) in [6.07, 6.45) is 0.680. The second-order valence-electron chi connectivity index (χ2n) is 8.28. The Hall–Kier alpha value is -3.08. The number of ketones is 1. The first-order valence-electron chi connectivity index (χ1n) is 11.1. The molecule has 0 bridgehead atoms. The van der Waals surface area contributed by atoms with Gasteiger partial charge in [-0.15, -0.1) is 11.3 Å². The van der Waals surface area contributed by atoms with Gasteiger partial charge in [0, 0.05) is 18.7 Å². The Balaban J connectivity index is 1.58. The standard InChI is InChI=1S/C25H23ClFN3O4S2/c1-3-10-28-17-5-6-19-21(13-17)29-15(2)30(25(19)32)22-7-4-16(12-20(22)27)11-18(31)14-36(33,34)24-9-8-23(26)35-24/h4-9,12-13,28H,3,10-11,14H2,1-2H3. The lowest BCUT2D eigenvalue weighted by Gasteiger charge is -2.13. The van der Waals surface area contributed by atoms with Gasteiger partial charge in [-0.1, -0.05) is 24.6 Å². The summed E-state index contributed by atoms with van der Waals surface area (Å²) in [6.45, 7) is 4.45. The first kappa shape index (κ1) is 26.0. The van der Waals surface area contributed by atoms with E-state index in [2.05, 4.69) is 10.3 Å². The second-order valence-corrected chi connectivity index (χ2v) is 12.2. The molecule has 0 unspecified atom stereocenters. The average molecular weight is 548 g/mol. The van der Waals surface area contributed by atoms with Crippen molar-refractivity contribution >= 4 is 55.1 Å². The van der Waals surface area contributed by atoms with E-state index in [1.54, 1.807) is 25.1 Å². The van der Waals surface area contributed by atoms with Crippen LogP contribution in [-0.2, 0) is 21.1 Å². The Morgan fingerprint density at radius 3 is 2.61 bits per heavy atom. The second kappa shape index (κ2) is 10.5. The molecule has 0 radical (unpaired) electrons. The van der Waals surface area contributed by atoms with Gasteiger partial charge in [0.15, 0.2) is 15.6 Å². The van der Waals surface area contributed by atoms with E-state index >= 15 is 4.39 Å². The summed E-state index contributed by atoms with van der Waals surface area (Å²) < 4.78 is 41.4. The molecule has 0 aliphatic rings. The van der Waals surface area contributed by atoms with Gasteiger partial charge in [-0.3, -0.25) is 14.2 Å². The number of aromatic nitrogens is 2. The van der Waals surface area contributed by atoms with Crippen LogP contribution >= 0.6 is 22.9 Å². The Kier molecular flexibility index (Phi) is 7.58. The van der Waals surface area contributed by atoms with E-state index in [1.165, 1.54) is 28.8 Å². The van der Waals surface area contributed by atoms with Crippen molar-refractivity contribution in [2.24, 2.45) is 0 Å². The number of halogens is 2. The lowest BCUT2D eigenvalue weighted by Crippen LogP contribution is -2.23. The minimum absolute atomic E-state index is 0.00266. The number of hydrogen-bond acceptors (Lipinski definition) is 7. The molecule has 0 saturated carbocycles. The van der Waals surface area contributed by atoms with E-state index in [0.717, 1.165) is 36.1 Å². The van der Waals surface area contributed by atoms with Crippen LogP contribution in [0.3, 0.4) is 0 Å². The van der Waals surface area contributed by atoms with Crippen molar-refractivity contribution in [2.45, 2.75) is 30.9 Å². The summed E-state index contributed by atoms with van der Waals surface area (Å²) in [4.78, 5) is 30.1. The minimum Gasteiger partial charge on any atom is -0.385 e. The van der Waals surface area contributed by atoms with Crippen molar-refractivity contribution in [3.8, 4) is 5.69 Å². The van der Waals surface area contributed by atoms with Gasteiger partial charge in [-0.25, -0.2) is 17.8 Å². The predicted molar refractivity (Wildman–Crippen MR) is 141 cm³/mol. The van der Waals surface area contributed by atoms with Crippen molar-refractivity contribution in [2.75, 3.05) is 17.6 Å². The Labute approximate surface area is 216 Å². The topological polar surface area (TPSA) is 98.1 Å². The first-order chi connectivity index (χ1) is 17.1. The van der Waals surface area contributed by atoms with Gasteiger partial charge in [0.25, 0.3) is 5.56 Å². The van der Waals surface area contributed by atoms with Crippen molar-refractivity contribution in [3.63, 3.8) is 0 Å². The van der Waals surface area contributed by atoms with Crippen LogP contribution in [0.25, 0.3) is 16.6 Å². The van der Waals surface area contributed by atoms with Crippen LogP contribution in [0.1, 0.15) is 24.7 Å². The number of fused-ring (bicyclic) bond motifs is 1. The zero-order valence-electron chi connectivity index (χ0n) is 19.5. The highest BCUT2D eigenvalue weighted by Gasteiger charge is 2.22. The third kappa shape index (κ3) is 5.50. The number of rotatable bonds is 9. The fraction of sp³-hybridized carbons (Fsp3) is 0.240. The van der Waals surface area contributed by atoms with Crippen LogP contribution in [0.2, 0.25) is 4.34 Å². The van der Waals surface area contributed by atoms with Crippen molar-refractivity contribution in [1.29, 1.82) is 0 Å². The number of carbonyl (C=O) groups is 1. The molecule has 188 valence electrons. The summed E-state index contributed by atoms with van der Waals surface area (Å²) in [7, 11) is -3.83. The summed E-state index contributed by atoms with van der Waals surface area (Å²) in [5.41, 5.74) is 1.23. The zero-order chi connectivity index (χ0) is 26.0. The molecule has 7 nitrogen and oxygen atoms in total. The molecule has 0 spiro atoms. The first-order valence-corrected chi connectivity index (χ1v) is 14.0. The molecule has 2 heterocycles. The molecule has 2 aromatic carbocycles. The van der Waals surface area contributed by atoms with E-state index in [4.69, 9.17) is 11.6 Å². The highest BCUT2D eigenvalue weighted by molar-refractivity contribution is 7.94. The van der Waals surface area contributed by atoms with Crippen LogP contribution in [0.15, 0.2) is 57.5 Å². The van der Waals surface area contributed by atoms with E-state index in [9.17, 15) is 18.0 Å². The molecule has 4 rings (SSSR count). The normalized spacial score (nSPS) is 11.7. The number of anilines is 1. The molecule has 0 fully saturated rings. The number of hydrogen-bond donors (Lipinski definition) is 1. The summed E-state index contributed by atoms with van der Waals surface area (Å²) in [5.74, 6) is -1.71. The van der Waals surface area contributed by atoms with Crippen LogP contribution < -0.4 is 10.9 Å². The SMILES string of the molecule is CCCNc1ccc2c(=O)n(-c3ccc(CC(=O)CS(=O)(=O)c4ccc(Cl)s4)cc3F)c(C)nc2c1. The number of sulfone groups is 1. The molecule has 1 N–H and O–H groups in total. The maximum Gasteiger partial charge on any atom is 0.266 e. The number of carbonyl (C=O) groups excluding carboxylic acids is 1. The number of thiophene rings is 1. The largest absolute Gasteiger partial charge is 0.385 e. The average Bonchev–Trinajstić information content (AvgIpc) is 3.26. The number of benzene rings is 2. The quantitative estimate of drug-likeness (QED) is 0.318. The molecule has 36 heavy (non-hydrogen) atoms. The fourth-order valence-corrected chi connectivity index (χ4v) is 6.64. The van der Waals surface area contributed by atoms with Crippen LogP contribution in [0, 0.1) is 12.7 Å². The summed E-state index contributed by atoms with van der Waals surface area (Å²) in [5, 5.41) is 3.59. The van der Waals surface area contributed by atoms with Gasteiger partial charge in [-0.05, 0) is 61.4 Å². The summed E-state index contributed by atoms with van der Waals surface area (Å²) in [6, 6.07) is 12.1. The Morgan fingerprint density at radius 2 is 1.94 bits per heavy atom. The molecule has 11 heteroatoms. The van der Waals surface area contributed by atoms with E-state index < -0.39 is 32.7 Å². The molecule has 0 aliphatic carbocycles. The molecule has 0 saturated heterocycles. The van der Waals surface area contributed by atoms with Crippen LogP contribution in [0.4, 0.5) is 10.1 Å². The van der Waals surface area contributed by atoms with E-state index in [0.29, 0.717) is 26.6 Å². The number of nitrogens with one attached hydrogen (secondary N) is 1. The number of Topliss-reactive ketones (excluding diaryl/α,β-unsaturated/α-hetero) is 1. The molecule has 4 aromatic rings. The van der Waals surface area contributed by atoms with Crippen molar-refractivity contribution < 1.29 is 17.6 Å². The van der Waals surface area contributed by atoms with Crippen molar-refractivity contribution in [3.05, 3.63) is 80.4 Å². The Morgan fingerprint density at radius 1 is 1.17 bits per heavy atom. The molecule has 0 atom stereocenters. The summed E-state index contributed by atoms with van der Waals surface area (Å²) >= 11 is 6.67. The lowest BCUT2D eigenvalue weighted by molar-refractivity contribution is -0.116. The molecule has 0 amide bonds. The third-order valence-corrected chi connectivity index (χ3v) is 8.97. The molecular formula is C25H23ClFN3O4S2. The van der Waals surface area contributed by atoms with Gasteiger partial charge in [0.1, 0.15) is 21.6 Å². The third-order valence-electron chi connectivity index (χ3n) is 5.48. The maximum absolute atomic E-state index is 15.1. The van der Waals surface area contributed by atoms with Crippen LogP contribution in [0.5, 0.6) is 0 Å². The highest BCUT2D eigenvalue weighted by atomic mass is 35.5. The number of aryl methyl sites for hydroxylation is 1. The maximum atomic E-state index is 15.1. The number of nitrogens with zero attached hydrogens (tertiary/aromatic N) is 2. The van der Waals surface area contributed by atoms with E-state index in [1.807, 2.05) is 6.92 Å². The van der Waals surface area contributed by atoms with Gasteiger partial charge < -0.3 is 5.32 Å². The zero-order valence-corrected chi connectivity index (χ0v) is 21.9. The van der Waals surface area contributed by atoms with Gasteiger partial charge in [-0.2, -0.15) is 0 Å². The van der Waals surface area contributed by atoms with Gasteiger partial charge in [0.05, 0.1) is 20.9 Å². The van der Waals surface area contributed by atoms with Crippen molar-refractivity contribution in [1.82, 2.24) is 9.55 Å². The molecular weight excluding hydrogens is 525 g/mol. The highest BCUT2D eigenvalue weighted by Crippen LogP contribution is 2.27. The van der Waals surface area contributed by atoms with Gasteiger partial charge in [0.2, 0.25) is 0 Å². The smallest absolute Gasteiger partial charge is 0.266 e. The van der Waals surface area contributed by atoms with E-state index in [-0.39, 0.29) is 16.3 Å².